The molecule has 0 aliphatic carbocycles. The minimum Gasteiger partial charge on any atom is -0.317 e. The third-order valence-electron chi connectivity index (χ3n) is 3.54. The molecule has 1 aromatic rings. The normalized spacial score (nSPS) is 17.7. The van der Waals surface area contributed by atoms with Crippen molar-refractivity contribution in [3.63, 3.8) is 0 Å². The largest absolute Gasteiger partial charge is 0.317 e. The van der Waals surface area contributed by atoms with Gasteiger partial charge in [0.05, 0.1) is 11.9 Å². The molecule has 0 atom stereocenters. The third-order valence-corrected chi connectivity index (χ3v) is 4.75. The number of nitrogens with zero attached hydrogens (tertiary/aromatic N) is 1. The zero-order chi connectivity index (χ0) is 13.2. The highest BCUT2D eigenvalue weighted by molar-refractivity contribution is 7.92. The average Bonchev–Trinajstić information content (AvgIpc) is 2.38. The fraction of sp³-hybridized carbons (Fsp3) is 0.538. The van der Waals surface area contributed by atoms with Crippen molar-refractivity contribution < 1.29 is 8.42 Å². The smallest absolute Gasteiger partial charge is 0.231 e. The summed E-state index contributed by atoms with van der Waals surface area (Å²) in [5.41, 5.74) is 1.98. The van der Waals surface area contributed by atoms with E-state index >= 15 is 0 Å². The zero-order valence-electron chi connectivity index (χ0n) is 10.9. The maximum absolute atomic E-state index is 11.5. The van der Waals surface area contributed by atoms with E-state index in [4.69, 9.17) is 0 Å². The maximum atomic E-state index is 11.5. The Morgan fingerprint density at radius 2 is 1.94 bits per heavy atom. The van der Waals surface area contributed by atoms with Gasteiger partial charge >= 0.3 is 0 Å². The van der Waals surface area contributed by atoms with Crippen molar-refractivity contribution in [2.75, 3.05) is 30.7 Å². The molecule has 1 aliphatic rings. The standard InChI is InChI=1S/C13H20N2O2S/c1-15(18(2,16)17)13-5-3-4-12(10-13)11-6-8-14-9-7-11/h3-5,10-11,14H,6-9H2,1-2H3. The monoisotopic (exact) mass is 268 g/mol. The molecule has 5 heteroatoms. The Morgan fingerprint density at radius 1 is 1.28 bits per heavy atom. The predicted octanol–water partition coefficient (Wildman–Crippen LogP) is 1.55. The molecule has 100 valence electrons. The van der Waals surface area contributed by atoms with E-state index in [-0.39, 0.29) is 0 Å². The van der Waals surface area contributed by atoms with E-state index in [1.807, 2.05) is 18.2 Å². The second-order valence-corrected chi connectivity index (χ2v) is 6.86. The highest BCUT2D eigenvalue weighted by Gasteiger charge is 2.17. The lowest BCUT2D eigenvalue weighted by Gasteiger charge is -2.24. The molecule has 18 heavy (non-hydrogen) atoms. The average molecular weight is 268 g/mol. The molecular weight excluding hydrogens is 248 g/mol. The van der Waals surface area contributed by atoms with Crippen LogP contribution in [0.2, 0.25) is 0 Å². The Morgan fingerprint density at radius 3 is 2.56 bits per heavy atom. The van der Waals surface area contributed by atoms with Crippen LogP contribution in [-0.2, 0) is 10.0 Å². The van der Waals surface area contributed by atoms with Crippen molar-refractivity contribution in [1.29, 1.82) is 0 Å². The predicted molar refractivity (Wildman–Crippen MR) is 74.5 cm³/mol. The van der Waals surface area contributed by atoms with Crippen molar-refractivity contribution in [2.45, 2.75) is 18.8 Å². The van der Waals surface area contributed by atoms with Crippen molar-refractivity contribution in [3.8, 4) is 0 Å². The van der Waals surface area contributed by atoms with Gasteiger partial charge in [-0.05, 0) is 49.5 Å². The summed E-state index contributed by atoms with van der Waals surface area (Å²) in [6.07, 6.45) is 3.46. The van der Waals surface area contributed by atoms with Crippen molar-refractivity contribution in [1.82, 2.24) is 5.32 Å². The summed E-state index contributed by atoms with van der Waals surface area (Å²) in [6.45, 7) is 2.08. The van der Waals surface area contributed by atoms with Crippen LogP contribution in [0.15, 0.2) is 24.3 Å². The number of hydrogen-bond acceptors (Lipinski definition) is 3. The Labute approximate surface area is 109 Å². The van der Waals surface area contributed by atoms with Gasteiger partial charge in [0, 0.05) is 7.05 Å². The number of sulfonamides is 1. The van der Waals surface area contributed by atoms with Gasteiger partial charge in [0.25, 0.3) is 0 Å². The summed E-state index contributed by atoms with van der Waals surface area (Å²) in [7, 11) is -1.59. The van der Waals surface area contributed by atoms with Crippen LogP contribution < -0.4 is 9.62 Å². The van der Waals surface area contributed by atoms with Gasteiger partial charge in [0.1, 0.15) is 0 Å². The van der Waals surface area contributed by atoms with Gasteiger partial charge in [-0.15, -0.1) is 0 Å². The first-order valence-corrected chi connectivity index (χ1v) is 8.08. The molecule has 0 saturated carbocycles. The van der Waals surface area contributed by atoms with Crippen molar-refractivity contribution in [2.24, 2.45) is 0 Å². The summed E-state index contributed by atoms with van der Waals surface area (Å²) < 4.78 is 24.4. The van der Waals surface area contributed by atoms with Crippen LogP contribution in [0.4, 0.5) is 5.69 Å². The van der Waals surface area contributed by atoms with Crippen LogP contribution >= 0.6 is 0 Å². The zero-order valence-corrected chi connectivity index (χ0v) is 11.7. The highest BCUT2D eigenvalue weighted by atomic mass is 32.2. The van der Waals surface area contributed by atoms with Gasteiger partial charge in [0.2, 0.25) is 10.0 Å². The quantitative estimate of drug-likeness (QED) is 0.905. The van der Waals surface area contributed by atoms with Crippen LogP contribution in [0, 0.1) is 0 Å². The lowest BCUT2D eigenvalue weighted by Crippen LogP contribution is -2.27. The van der Waals surface area contributed by atoms with E-state index in [0.29, 0.717) is 5.92 Å². The lowest BCUT2D eigenvalue weighted by molar-refractivity contribution is 0.460. The summed E-state index contributed by atoms with van der Waals surface area (Å²) in [4.78, 5) is 0. The minimum atomic E-state index is -3.18. The molecule has 0 amide bonds. The first-order valence-electron chi connectivity index (χ1n) is 6.23. The van der Waals surface area contributed by atoms with E-state index in [2.05, 4.69) is 11.4 Å². The van der Waals surface area contributed by atoms with Crippen molar-refractivity contribution >= 4 is 15.7 Å². The molecule has 2 rings (SSSR count). The molecule has 0 spiro atoms. The Hall–Kier alpha value is -1.07. The second-order valence-electron chi connectivity index (χ2n) is 4.85. The molecule has 1 aliphatic heterocycles. The molecular formula is C13H20N2O2S. The molecule has 0 aromatic heterocycles. The number of nitrogens with one attached hydrogen (secondary N) is 1. The molecule has 0 radical (unpaired) electrons. The van der Waals surface area contributed by atoms with E-state index in [1.54, 1.807) is 7.05 Å². The van der Waals surface area contributed by atoms with Crippen LogP contribution in [0.25, 0.3) is 0 Å². The van der Waals surface area contributed by atoms with Crippen LogP contribution in [0.3, 0.4) is 0 Å². The van der Waals surface area contributed by atoms with Crippen LogP contribution in [0.1, 0.15) is 24.3 Å². The third kappa shape index (κ3) is 3.03. The summed E-state index contributed by atoms with van der Waals surface area (Å²) >= 11 is 0. The van der Waals surface area contributed by atoms with Crippen molar-refractivity contribution in [3.05, 3.63) is 29.8 Å². The highest BCUT2D eigenvalue weighted by Crippen LogP contribution is 2.28. The Balaban J connectivity index is 2.24. The summed E-state index contributed by atoms with van der Waals surface area (Å²) in [5.74, 6) is 0.541. The number of anilines is 1. The Bertz CT molecular complexity index is 507. The van der Waals surface area contributed by atoms with Gasteiger partial charge in [-0.2, -0.15) is 0 Å². The van der Waals surface area contributed by atoms with Crippen LogP contribution in [0.5, 0.6) is 0 Å². The van der Waals surface area contributed by atoms with Crippen LogP contribution in [-0.4, -0.2) is 34.8 Å². The molecule has 1 aromatic carbocycles. The van der Waals surface area contributed by atoms with Gasteiger partial charge in [-0.25, -0.2) is 8.42 Å². The summed E-state index contributed by atoms with van der Waals surface area (Å²) in [6, 6.07) is 7.87. The topological polar surface area (TPSA) is 49.4 Å². The SMILES string of the molecule is CN(c1cccc(C2CCNCC2)c1)S(C)(=O)=O. The maximum Gasteiger partial charge on any atom is 0.231 e. The number of piperidine rings is 1. The van der Waals surface area contributed by atoms with E-state index in [0.717, 1.165) is 31.6 Å². The fourth-order valence-electron chi connectivity index (χ4n) is 2.32. The molecule has 1 fully saturated rings. The molecule has 4 nitrogen and oxygen atoms in total. The molecule has 1 N–H and O–H groups in total. The number of rotatable bonds is 3. The van der Waals surface area contributed by atoms with E-state index in [1.165, 1.54) is 16.1 Å². The minimum absolute atomic E-state index is 0.541. The molecule has 0 bridgehead atoms. The van der Waals surface area contributed by atoms with Gasteiger partial charge in [-0.1, -0.05) is 12.1 Å². The van der Waals surface area contributed by atoms with Gasteiger partial charge in [-0.3, -0.25) is 4.31 Å². The summed E-state index contributed by atoms with van der Waals surface area (Å²) in [5, 5.41) is 3.34. The molecule has 1 heterocycles. The van der Waals surface area contributed by atoms with Gasteiger partial charge in [0.15, 0.2) is 0 Å². The second kappa shape index (κ2) is 5.28. The Kier molecular flexibility index (Phi) is 3.92. The first kappa shape index (κ1) is 13.4. The number of benzene rings is 1. The number of hydrogen-bond donors (Lipinski definition) is 1. The molecule has 0 unspecified atom stereocenters. The first-order chi connectivity index (χ1) is 8.48. The fourth-order valence-corrected chi connectivity index (χ4v) is 2.82. The van der Waals surface area contributed by atoms with Gasteiger partial charge < -0.3 is 5.32 Å². The molecule has 1 saturated heterocycles. The lowest BCUT2D eigenvalue weighted by atomic mass is 9.90. The van der Waals surface area contributed by atoms with E-state index < -0.39 is 10.0 Å². The van der Waals surface area contributed by atoms with E-state index in [9.17, 15) is 8.42 Å².